The smallest absolute Gasteiger partial charge is 0.185 e. The van der Waals surface area contributed by atoms with E-state index >= 15 is 0 Å². The van der Waals surface area contributed by atoms with Crippen molar-refractivity contribution in [3.63, 3.8) is 0 Å². The molecule has 9 heteroatoms. The minimum atomic E-state index is -0.00886. The van der Waals surface area contributed by atoms with Gasteiger partial charge in [-0.1, -0.05) is 41.1 Å². The lowest BCUT2D eigenvalue weighted by Crippen LogP contribution is -2.06. The van der Waals surface area contributed by atoms with Crippen molar-refractivity contribution in [3.8, 4) is 5.75 Å². The van der Waals surface area contributed by atoms with Gasteiger partial charge in [0.2, 0.25) is 0 Å². The van der Waals surface area contributed by atoms with E-state index in [1.54, 1.807) is 12.3 Å². The lowest BCUT2D eigenvalue weighted by atomic mass is 10.1. The van der Waals surface area contributed by atoms with E-state index in [1.807, 2.05) is 71.6 Å². The Hall–Kier alpha value is -4.27. The summed E-state index contributed by atoms with van der Waals surface area (Å²) in [7, 11) is 0. The number of hydrogen-bond acceptors (Lipinski definition) is 7. The molecule has 1 aliphatic rings. The first kappa shape index (κ1) is 30.2. The molecule has 222 valence electrons. The molecule has 2 heterocycles. The van der Waals surface area contributed by atoms with Crippen molar-refractivity contribution >= 4 is 34.0 Å². The highest BCUT2D eigenvalue weighted by Gasteiger charge is 2.05. The number of nitrogens with zero attached hydrogens (tertiary/aromatic N) is 4. The first-order valence-corrected chi connectivity index (χ1v) is 15.1. The lowest BCUT2D eigenvalue weighted by Gasteiger charge is -2.09. The number of allylic oxidation sites excluding steroid dienone is 6. The molecule has 2 aromatic heterocycles. The Labute approximate surface area is 257 Å². The number of benzene rings is 2. The predicted octanol–water partition coefficient (Wildman–Crippen LogP) is 7.37. The number of carbonyl (C=O) groups is 1. The van der Waals surface area contributed by atoms with Crippen LogP contribution in [0.25, 0.3) is 10.9 Å². The number of anilines is 1. The van der Waals surface area contributed by atoms with Crippen LogP contribution < -0.4 is 10.1 Å². The average Bonchev–Trinajstić information content (AvgIpc) is 3.72. The van der Waals surface area contributed by atoms with Crippen molar-refractivity contribution in [1.29, 1.82) is 0 Å². The summed E-state index contributed by atoms with van der Waals surface area (Å²) in [4.78, 5) is 16.7. The summed E-state index contributed by atoms with van der Waals surface area (Å²) < 4.78 is 13.5. The van der Waals surface area contributed by atoms with Gasteiger partial charge in [-0.15, -0.1) is 5.10 Å². The number of fused-ring (bicyclic) bond motifs is 1. The zero-order chi connectivity index (χ0) is 29.7. The molecule has 5 rings (SSSR count). The second-order valence-corrected chi connectivity index (χ2v) is 10.7. The van der Waals surface area contributed by atoms with Crippen molar-refractivity contribution in [1.82, 2.24) is 20.0 Å². The van der Waals surface area contributed by atoms with Crippen LogP contribution in [-0.2, 0) is 17.9 Å². The quantitative estimate of drug-likeness (QED) is 0.0771. The second kappa shape index (κ2) is 15.8. The number of ketones is 1. The SMILES string of the molecule is O=C(/C=C/C1=CCC=C1)c1ccc(OCCCCCn2cc(COCCCNc3ccnc4cc(Cl)ccc34)nn2)cc1. The molecule has 0 saturated heterocycles. The Morgan fingerprint density at radius 3 is 2.81 bits per heavy atom. The van der Waals surface area contributed by atoms with Crippen LogP contribution in [0.2, 0.25) is 5.02 Å². The molecule has 0 unspecified atom stereocenters. The third-order valence-corrected chi connectivity index (χ3v) is 7.22. The van der Waals surface area contributed by atoms with Gasteiger partial charge in [-0.25, -0.2) is 0 Å². The molecule has 0 amide bonds. The summed E-state index contributed by atoms with van der Waals surface area (Å²) >= 11 is 6.07. The Kier molecular flexibility index (Phi) is 11.1. The molecular formula is C34H36ClN5O3. The maximum Gasteiger partial charge on any atom is 0.185 e. The molecule has 1 aliphatic carbocycles. The topological polar surface area (TPSA) is 91.2 Å². The molecule has 0 bridgehead atoms. The minimum Gasteiger partial charge on any atom is -0.494 e. The molecule has 0 atom stereocenters. The van der Waals surface area contributed by atoms with Crippen LogP contribution in [0, 0.1) is 0 Å². The van der Waals surface area contributed by atoms with Gasteiger partial charge in [0.25, 0.3) is 0 Å². The van der Waals surface area contributed by atoms with Crippen molar-refractivity contribution < 1.29 is 14.3 Å². The second-order valence-electron chi connectivity index (χ2n) is 10.3. The molecule has 0 saturated carbocycles. The summed E-state index contributed by atoms with van der Waals surface area (Å²) in [6.45, 7) is 3.29. The molecule has 0 spiro atoms. The third kappa shape index (κ3) is 9.36. The molecule has 0 radical (unpaired) electrons. The Bertz CT molecular complexity index is 1590. The molecule has 2 aromatic carbocycles. The van der Waals surface area contributed by atoms with Gasteiger partial charge in [-0.3, -0.25) is 14.5 Å². The fourth-order valence-corrected chi connectivity index (χ4v) is 4.86. The fourth-order valence-electron chi connectivity index (χ4n) is 4.69. The highest BCUT2D eigenvalue weighted by atomic mass is 35.5. The van der Waals surface area contributed by atoms with Gasteiger partial charge in [0.1, 0.15) is 11.4 Å². The van der Waals surface area contributed by atoms with Gasteiger partial charge in [0, 0.05) is 47.6 Å². The summed E-state index contributed by atoms with van der Waals surface area (Å²) in [5.74, 6) is 0.764. The largest absolute Gasteiger partial charge is 0.494 e. The molecule has 43 heavy (non-hydrogen) atoms. The average molecular weight is 598 g/mol. The van der Waals surface area contributed by atoms with Crippen LogP contribution in [0.4, 0.5) is 5.69 Å². The van der Waals surface area contributed by atoms with Crippen molar-refractivity contribution in [3.05, 3.63) is 113 Å². The zero-order valence-electron chi connectivity index (χ0n) is 24.1. The number of aryl methyl sites for hydroxylation is 1. The highest BCUT2D eigenvalue weighted by molar-refractivity contribution is 6.31. The fraction of sp³-hybridized carbons (Fsp3) is 0.294. The van der Waals surface area contributed by atoms with Gasteiger partial charge in [-0.05, 0) is 92.3 Å². The van der Waals surface area contributed by atoms with Crippen LogP contribution in [-0.4, -0.2) is 45.5 Å². The van der Waals surface area contributed by atoms with E-state index in [0.29, 0.717) is 30.4 Å². The highest BCUT2D eigenvalue weighted by Crippen LogP contribution is 2.24. The maximum absolute atomic E-state index is 12.3. The number of unbranched alkanes of at least 4 members (excludes halogenated alkanes) is 2. The molecule has 8 nitrogen and oxygen atoms in total. The van der Waals surface area contributed by atoms with Crippen LogP contribution in [0.5, 0.6) is 5.75 Å². The van der Waals surface area contributed by atoms with Crippen LogP contribution in [0.3, 0.4) is 0 Å². The number of ether oxygens (including phenoxy) is 2. The minimum absolute atomic E-state index is 0.00886. The Morgan fingerprint density at radius 1 is 1.05 bits per heavy atom. The lowest BCUT2D eigenvalue weighted by molar-refractivity contribution is 0.104. The van der Waals surface area contributed by atoms with E-state index < -0.39 is 0 Å². The zero-order valence-corrected chi connectivity index (χ0v) is 24.9. The van der Waals surface area contributed by atoms with Gasteiger partial charge < -0.3 is 14.8 Å². The number of rotatable bonds is 17. The number of hydrogen-bond donors (Lipinski definition) is 1. The third-order valence-electron chi connectivity index (χ3n) is 6.99. The van der Waals surface area contributed by atoms with E-state index in [4.69, 9.17) is 21.1 Å². The van der Waals surface area contributed by atoms with Crippen molar-refractivity contribution in [2.24, 2.45) is 0 Å². The predicted molar refractivity (Wildman–Crippen MR) is 171 cm³/mol. The van der Waals surface area contributed by atoms with Gasteiger partial charge in [-0.2, -0.15) is 0 Å². The van der Waals surface area contributed by atoms with Gasteiger partial charge >= 0.3 is 0 Å². The van der Waals surface area contributed by atoms with Crippen LogP contribution in [0.15, 0.2) is 96.9 Å². The van der Waals surface area contributed by atoms with E-state index in [9.17, 15) is 4.79 Å². The van der Waals surface area contributed by atoms with Crippen molar-refractivity contribution in [2.45, 2.75) is 45.3 Å². The monoisotopic (exact) mass is 597 g/mol. The number of pyridine rings is 1. The van der Waals surface area contributed by atoms with E-state index in [0.717, 1.165) is 78.8 Å². The number of nitrogens with one attached hydrogen (secondary N) is 1. The normalized spacial score (nSPS) is 12.7. The van der Waals surface area contributed by atoms with Gasteiger partial charge in [0.15, 0.2) is 5.78 Å². The molecule has 0 fully saturated rings. The first-order valence-electron chi connectivity index (χ1n) is 14.7. The van der Waals surface area contributed by atoms with E-state index in [2.05, 4.69) is 32.8 Å². The van der Waals surface area contributed by atoms with Crippen molar-refractivity contribution in [2.75, 3.05) is 25.1 Å². The van der Waals surface area contributed by atoms with Gasteiger partial charge in [0.05, 0.1) is 24.9 Å². The number of carbonyl (C=O) groups excluding carboxylic acids is 1. The number of halogens is 1. The molecule has 4 aromatic rings. The first-order chi connectivity index (χ1) is 21.1. The number of aromatic nitrogens is 4. The Morgan fingerprint density at radius 2 is 1.95 bits per heavy atom. The summed E-state index contributed by atoms with van der Waals surface area (Å²) in [5, 5.41) is 13.6. The summed E-state index contributed by atoms with van der Waals surface area (Å²) in [6.07, 6.45) is 18.1. The molecule has 0 aliphatic heterocycles. The summed E-state index contributed by atoms with van der Waals surface area (Å²) in [5.41, 5.74) is 4.48. The standard InChI is InChI=1S/C34H36ClN5O3/c35-28-12-15-31-32(17-19-37-33(31)23-28)36-18-6-21-42-25-29-24-40(39-38-29)20-4-1-5-22-43-30-13-10-27(11-14-30)34(41)16-9-26-7-2-3-8-26/h2,7-17,19,23-24H,1,3-6,18,20-22,25H2,(H,36,37)/b16-9+. The van der Waals surface area contributed by atoms with Crippen LogP contribution >= 0.6 is 11.6 Å². The van der Waals surface area contributed by atoms with E-state index in [-0.39, 0.29) is 5.78 Å². The summed E-state index contributed by atoms with van der Waals surface area (Å²) in [6, 6.07) is 15.0. The van der Waals surface area contributed by atoms with Crippen LogP contribution in [0.1, 0.15) is 48.2 Å². The molecule has 1 N–H and O–H groups in total. The Balaban J connectivity index is 0.906. The van der Waals surface area contributed by atoms with E-state index in [1.165, 1.54) is 0 Å². The maximum atomic E-state index is 12.3. The molecular weight excluding hydrogens is 562 g/mol.